The number of nitrogens with one attached hydrogen (secondary N) is 1. The van der Waals surface area contributed by atoms with Crippen molar-refractivity contribution in [3.05, 3.63) is 83.2 Å². The number of amides is 1. The predicted molar refractivity (Wildman–Crippen MR) is 107 cm³/mol. The minimum Gasteiger partial charge on any atom is -0.306 e. The third-order valence-corrected chi connectivity index (χ3v) is 4.42. The number of pyridine rings is 1. The van der Waals surface area contributed by atoms with E-state index in [2.05, 4.69) is 33.6 Å². The molecule has 0 unspecified atom stereocenters. The molecule has 5 heteroatoms. The molecule has 4 aromatic rings. The van der Waals surface area contributed by atoms with Gasteiger partial charge >= 0.3 is 0 Å². The van der Waals surface area contributed by atoms with Gasteiger partial charge in [0.2, 0.25) is 0 Å². The molecule has 4 rings (SSSR count). The second-order valence-corrected chi connectivity index (χ2v) is 6.76. The van der Waals surface area contributed by atoms with E-state index in [0.717, 1.165) is 33.4 Å². The van der Waals surface area contributed by atoms with Gasteiger partial charge in [-0.1, -0.05) is 24.3 Å². The summed E-state index contributed by atoms with van der Waals surface area (Å²) in [7, 11) is 0. The molecule has 0 atom stereocenters. The molecule has 0 spiro atoms. The summed E-state index contributed by atoms with van der Waals surface area (Å²) in [5.74, 6) is 0.461. The number of carbonyl (C=O) groups excluding carboxylic acids is 1. The molecule has 1 amide bonds. The van der Waals surface area contributed by atoms with Crippen LogP contribution in [0.25, 0.3) is 16.6 Å². The second-order valence-electron chi connectivity index (χ2n) is 6.76. The molecule has 0 saturated carbocycles. The lowest BCUT2D eigenvalue weighted by atomic mass is 10.1. The maximum absolute atomic E-state index is 13.0. The number of carbonyl (C=O) groups is 1. The topological polar surface area (TPSA) is 59.8 Å². The fourth-order valence-corrected chi connectivity index (χ4v) is 3.34. The van der Waals surface area contributed by atoms with E-state index in [1.54, 1.807) is 16.9 Å². The summed E-state index contributed by atoms with van der Waals surface area (Å²) in [5, 5.41) is 8.40. The molecule has 0 bridgehead atoms. The van der Waals surface area contributed by atoms with Gasteiger partial charge in [0.05, 0.1) is 22.5 Å². The van der Waals surface area contributed by atoms with Crippen LogP contribution in [0.2, 0.25) is 0 Å². The minimum atomic E-state index is -0.181. The average molecular weight is 356 g/mol. The number of hydrogen-bond donors (Lipinski definition) is 1. The zero-order chi connectivity index (χ0) is 19.0. The Labute approximate surface area is 157 Å². The Morgan fingerprint density at radius 2 is 1.70 bits per heavy atom. The Hall–Kier alpha value is -3.47. The molecule has 2 aromatic carbocycles. The first-order chi connectivity index (χ1) is 13.0. The molecular weight excluding hydrogens is 336 g/mol. The summed E-state index contributed by atoms with van der Waals surface area (Å²) in [6.45, 7) is 6.01. The number of anilines is 1. The van der Waals surface area contributed by atoms with Crippen LogP contribution >= 0.6 is 0 Å². The Bertz CT molecular complexity index is 1130. The molecule has 1 N–H and O–H groups in total. The number of hydrogen-bond acceptors (Lipinski definition) is 3. The van der Waals surface area contributed by atoms with E-state index < -0.39 is 0 Å². The largest absolute Gasteiger partial charge is 0.306 e. The van der Waals surface area contributed by atoms with Gasteiger partial charge in [0.15, 0.2) is 0 Å². The van der Waals surface area contributed by atoms with Crippen LogP contribution in [-0.4, -0.2) is 20.7 Å². The van der Waals surface area contributed by atoms with Gasteiger partial charge in [0, 0.05) is 17.6 Å². The summed E-state index contributed by atoms with van der Waals surface area (Å²) in [4.78, 5) is 17.3. The van der Waals surface area contributed by atoms with Crippen LogP contribution in [0.5, 0.6) is 0 Å². The van der Waals surface area contributed by atoms with Gasteiger partial charge in [-0.25, -0.2) is 4.68 Å². The van der Waals surface area contributed by atoms with Crippen molar-refractivity contribution in [1.29, 1.82) is 0 Å². The number of para-hydroxylation sites is 1. The van der Waals surface area contributed by atoms with Crippen molar-refractivity contribution in [2.45, 2.75) is 20.8 Å². The normalized spacial score (nSPS) is 10.9. The molecular formula is C22H20N4O. The highest BCUT2D eigenvalue weighted by atomic mass is 16.1. The Morgan fingerprint density at radius 1 is 0.963 bits per heavy atom. The SMILES string of the molecule is Cc1cc(C)cc(-n2nc(C)cc2NC(=O)c2ccnc3ccccc23)c1. The maximum atomic E-state index is 13.0. The van der Waals surface area contributed by atoms with Crippen LogP contribution < -0.4 is 5.32 Å². The first kappa shape index (κ1) is 17.0. The highest BCUT2D eigenvalue weighted by Gasteiger charge is 2.15. The minimum absolute atomic E-state index is 0.181. The monoisotopic (exact) mass is 356 g/mol. The summed E-state index contributed by atoms with van der Waals surface area (Å²) in [6, 6.07) is 17.5. The van der Waals surface area contributed by atoms with Gasteiger partial charge in [-0.15, -0.1) is 0 Å². The molecule has 0 radical (unpaired) electrons. The van der Waals surface area contributed by atoms with E-state index in [1.807, 2.05) is 51.1 Å². The van der Waals surface area contributed by atoms with Crippen molar-refractivity contribution in [3.8, 4) is 5.69 Å². The number of aryl methyl sites for hydroxylation is 3. The van der Waals surface area contributed by atoms with E-state index >= 15 is 0 Å². The highest BCUT2D eigenvalue weighted by Crippen LogP contribution is 2.22. The Morgan fingerprint density at radius 3 is 2.48 bits per heavy atom. The summed E-state index contributed by atoms with van der Waals surface area (Å²) in [6.07, 6.45) is 1.66. The molecule has 134 valence electrons. The molecule has 0 aliphatic rings. The van der Waals surface area contributed by atoms with E-state index in [1.165, 1.54) is 0 Å². The fraction of sp³-hybridized carbons (Fsp3) is 0.136. The zero-order valence-electron chi connectivity index (χ0n) is 15.5. The van der Waals surface area contributed by atoms with Crippen LogP contribution in [-0.2, 0) is 0 Å². The van der Waals surface area contributed by atoms with E-state index in [-0.39, 0.29) is 5.91 Å². The number of fused-ring (bicyclic) bond motifs is 1. The van der Waals surface area contributed by atoms with Gasteiger partial charge in [-0.05, 0) is 56.2 Å². The summed E-state index contributed by atoms with van der Waals surface area (Å²) >= 11 is 0. The van der Waals surface area contributed by atoms with Crippen molar-refractivity contribution >= 4 is 22.6 Å². The Balaban J connectivity index is 1.74. The van der Waals surface area contributed by atoms with Gasteiger partial charge < -0.3 is 5.32 Å². The van der Waals surface area contributed by atoms with Crippen molar-refractivity contribution in [2.24, 2.45) is 0 Å². The van der Waals surface area contributed by atoms with Crippen molar-refractivity contribution in [3.63, 3.8) is 0 Å². The maximum Gasteiger partial charge on any atom is 0.257 e. The lowest BCUT2D eigenvalue weighted by molar-refractivity contribution is 0.102. The van der Waals surface area contributed by atoms with E-state index in [4.69, 9.17) is 0 Å². The first-order valence-corrected chi connectivity index (χ1v) is 8.82. The van der Waals surface area contributed by atoms with Gasteiger partial charge in [-0.3, -0.25) is 9.78 Å². The Kier molecular flexibility index (Phi) is 4.20. The quantitative estimate of drug-likeness (QED) is 0.584. The molecule has 0 aliphatic heterocycles. The van der Waals surface area contributed by atoms with Crippen molar-refractivity contribution in [1.82, 2.24) is 14.8 Å². The average Bonchev–Trinajstić information content (AvgIpc) is 3.00. The highest BCUT2D eigenvalue weighted by molar-refractivity contribution is 6.12. The number of rotatable bonds is 3. The van der Waals surface area contributed by atoms with Crippen molar-refractivity contribution in [2.75, 3.05) is 5.32 Å². The predicted octanol–water partition coefficient (Wildman–Crippen LogP) is 4.60. The molecule has 2 aromatic heterocycles. The summed E-state index contributed by atoms with van der Waals surface area (Å²) in [5.41, 5.74) is 5.45. The molecule has 27 heavy (non-hydrogen) atoms. The number of benzene rings is 2. The lowest BCUT2D eigenvalue weighted by Gasteiger charge is -2.11. The van der Waals surface area contributed by atoms with Crippen molar-refractivity contribution < 1.29 is 4.79 Å². The van der Waals surface area contributed by atoms with Gasteiger partial charge in [0.1, 0.15) is 5.82 Å². The van der Waals surface area contributed by atoms with E-state index in [9.17, 15) is 4.79 Å². The zero-order valence-corrected chi connectivity index (χ0v) is 15.5. The van der Waals surface area contributed by atoms with Crippen LogP contribution in [0.1, 0.15) is 27.2 Å². The van der Waals surface area contributed by atoms with Crippen LogP contribution in [0.15, 0.2) is 60.8 Å². The lowest BCUT2D eigenvalue weighted by Crippen LogP contribution is -2.15. The van der Waals surface area contributed by atoms with E-state index in [0.29, 0.717) is 11.4 Å². The smallest absolute Gasteiger partial charge is 0.257 e. The number of nitrogens with zero attached hydrogens (tertiary/aromatic N) is 3. The molecule has 0 aliphatic carbocycles. The third-order valence-electron chi connectivity index (χ3n) is 4.42. The molecule has 5 nitrogen and oxygen atoms in total. The van der Waals surface area contributed by atoms with Crippen LogP contribution in [0.4, 0.5) is 5.82 Å². The standard InChI is InChI=1S/C22H20N4O/c1-14-10-15(2)12-17(11-14)26-21(13-16(3)25-26)24-22(27)19-8-9-23-20-7-5-4-6-18(19)20/h4-13H,1-3H3,(H,24,27). The van der Waals surface area contributed by atoms with Gasteiger partial charge in [0.25, 0.3) is 5.91 Å². The van der Waals surface area contributed by atoms with Crippen LogP contribution in [0.3, 0.4) is 0 Å². The first-order valence-electron chi connectivity index (χ1n) is 8.82. The summed E-state index contributed by atoms with van der Waals surface area (Å²) < 4.78 is 1.77. The van der Waals surface area contributed by atoms with Crippen LogP contribution in [0, 0.1) is 20.8 Å². The third kappa shape index (κ3) is 3.31. The molecule has 2 heterocycles. The molecule has 0 fully saturated rings. The fourth-order valence-electron chi connectivity index (χ4n) is 3.34. The second kappa shape index (κ2) is 6.68. The molecule has 0 saturated heterocycles. The van der Waals surface area contributed by atoms with Gasteiger partial charge in [-0.2, -0.15) is 5.10 Å². The number of aromatic nitrogens is 3.